The molecule has 0 bridgehead atoms. The Morgan fingerprint density at radius 2 is 2.47 bits per heavy atom. The Kier molecular flexibility index (Phi) is 3.03. The summed E-state index contributed by atoms with van der Waals surface area (Å²) in [5.41, 5.74) is 6.03. The molecule has 2 aromatic rings. The number of hydrogen-bond donors (Lipinski definition) is 2. The molecule has 2 aromatic heterocycles. The Hall–Kier alpha value is -2.38. The summed E-state index contributed by atoms with van der Waals surface area (Å²) in [5.74, 6) is 0.616. The molecule has 0 aliphatic rings. The summed E-state index contributed by atoms with van der Waals surface area (Å²) < 4.78 is 6.01. The largest absolute Gasteiger partial charge is 0.383 e. The number of nitrogens with zero attached hydrogens (tertiary/aromatic N) is 4. The lowest BCUT2D eigenvalue weighted by atomic mass is 10.3. The van der Waals surface area contributed by atoms with Gasteiger partial charge in [-0.1, -0.05) is 5.16 Å². The second kappa shape index (κ2) is 4.64. The van der Waals surface area contributed by atoms with E-state index in [0.717, 1.165) is 0 Å². The van der Waals surface area contributed by atoms with Gasteiger partial charge in [0.2, 0.25) is 6.39 Å². The van der Waals surface area contributed by atoms with Gasteiger partial charge in [-0.25, -0.2) is 0 Å². The first-order chi connectivity index (χ1) is 8.18. The highest BCUT2D eigenvalue weighted by Crippen LogP contribution is 2.08. The fourth-order valence-electron chi connectivity index (χ4n) is 1.31. The number of carbonyl (C=O) groups excluding carboxylic acids is 1. The number of aromatic nitrogens is 4. The van der Waals surface area contributed by atoms with Crippen LogP contribution in [0.2, 0.25) is 0 Å². The number of nitrogens with one attached hydrogen (secondary N) is 1. The summed E-state index contributed by atoms with van der Waals surface area (Å²) in [6.45, 7) is 0.409. The predicted octanol–water partition coefficient (Wildman–Crippen LogP) is -0.642. The standard InChI is InChI=1S/C9H12N6O2/c1-15-8(10)6(4-13-15)9(16)11-3-2-7-12-5-17-14-7/h4-5H,2-3,10H2,1H3,(H,11,16). The molecule has 0 fully saturated rings. The molecule has 0 saturated heterocycles. The van der Waals surface area contributed by atoms with E-state index in [1.807, 2.05) is 0 Å². The SMILES string of the molecule is Cn1ncc(C(=O)NCCc2ncon2)c1N. The van der Waals surface area contributed by atoms with Gasteiger partial charge in [-0.15, -0.1) is 0 Å². The predicted molar refractivity (Wildman–Crippen MR) is 58.0 cm³/mol. The Balaban J connectivity index is 1.87. The number of carbonyl (C=O) groups is 1. The van der Waals surface area contributed by atoms with Gasteiger partial charge < -0.3 is 15.6 Å². The molecule has 0 unspecified atom stereocenters. The molecule has 8 heteroatoms. The van der Waals surface area contributed by atoms with Crippen molar-refractivity contribution in [3.05, 3.63) is 24.0 Å². The van der Waals surface area contributed by atoms with Crippen LogP contribution in [0.15, 0.2) is 17.1 Å². The second-order valence-corrected chi connectivity index (χ2v) is 3.42. The summed E-state index contributed by atoms with van der Waals surface area (Å²) in [6, 6.07) is 0. The Labute approximate surface area is 96.8 Å². The summed E-state index contributed by atoms with van der Waals surface area (Å²) >= 11 is 0. The Bertz CT molecular complexity index is 504. The van der Waals surface area contributed by atoms with Gasteiger partial charge in [0.15, 0.2) is 5.82 Å². The highest BCUT2D eigenvalue weighted by Gasteiger charge is 2.13. The number of nitrogens with two attached hydrogens (primary N) is 1. The first-order valence-corrected chi connectivity index (χ1v) is 4.99. The summed E-state index contributed by atoms with van der Waals surface area (Å²) in [4.78, 5) is 15.5. The quantitative estimate of drug-likeness (QED) is 0.730. The number of anilines is 1. The van der Waals surface area contributed by atoms with Crippen LogP contribution in [0.1, 0.15) is 16.2 Å². The number of nitrogen functional groups attached to an aromatic ring is 1. The van der Waals surface area contributed by atoms with Gasteiger partial charge in [0.25, 0.3) is 5.91 Å². The minimum atomic E-state index is -0.265. The highest BCUT2D eigenvalue weighted by molar-refractivity contribution is 5.98. The van der Waals surface area contributed by atoms with E-state index in [1.165, 1.54) is 17.3 Å². The van der Waals surface area contributed by atoms with Crippen molar-refractivity contribution in [3.63, 3.8) is 0 Å². The van der Waals surface area contributed by atoms with Crippen molar-refractivity contribution in [2.24, 2.45) is 7.05 Å². The minimum Gasteiger partial charge on any atom is -0.383 e. The normalized spacial score (nSPS) is 10.4. The maximum absolute atomic E-state index is 11.7. The van der Waals surface area contributed by atoms with Crippen LogP contribution in [0, 0.1) is 0 Å². The molecule has 2 rings (SSSR count). The zero-order valence-corrected chi connectivity index (χ0v) is 9.25. The van der Waals surface area contributed by atoms with Gasteiger partial charge in [-0.05, 0) is 0 Å². The van der Waals surface area contributed by atoms with Crippen LogP contribution in [0.5, 0.6) is 0 Å². The van der Waals surface area contributed by atoms with E-state index in [0.29, 0.717) is 30.2 Å². The maximum Gasteiger partial charge on any atom is 0.256 e. The van der Waals surface area contributed by atoms with E-state index in [2.05, 4.69) is 25.1 Å². The van der Waals surface area contributed by atoms with Crippen LogP contribution >= 0.6 is 0 Å². The van der Waals surface area contributed by atoms with Crippen molar-refractivity contribution < 1.29 is 9.32 Å². The van der Waals surface area contributed by atoms with Crippen LogP contribution in [0.4, 0.5) is 5.82 Å². The van der Waals surface area contributed by atoms with Crippen molar-refractivity contribution in [1.29, 1.82) is 0 Å². The number of amides is 1. The molecule has 2 heterocycles. The molecule has 0 spiro atoms. The Morgan fingerprint density at radius 1 is 1.65 bits per heavy atom. The molecule has 0 aliphatic carbocycles. The summed E-state index contributed by atoms with van der Waals surface area (Å²) in [6.07, 6.45) is 3.18. The second-order valence-electron chi connectivity index (χ2n) is 3.42. The van der Waals surface area contributed by atoms with E-state index in [1.54, 1.807) is 7.05 Å². The molecule has 0 saturated carbocycles. The molecule has 3 N–H and O–H groups in total. The lowest BCUT2D eigenvalue weighted by Crippen LogP contribution is -2.26. The van der Waals surface area contributed by atoms with E-state index in [9.17, 15) is 4.79 Å². The van der Waals surface area contributed by atoms with Gasteiger partial charge >= 0.3 is 0 Å². The third-order valence-electron chi connectivity index (χ3n) is 2.27. The van der Waals surface area contributed by atoms with Gasteiger partial charge in [0.1, 0.15) is 11.4 Å². The molecule has 17 heavy (non-hydrogen) atoms. The molecular formula is C9H12N6O2. The fourth-order valence-corrected chi connectivity index (χ4v) is 1.31. The number of hydrogen-bond acceptors (Lipinski definition) is 6. The molecule has 0 atom stereocenters. The summed E-state index contributed by atoms with van der Waals surface area (Å²) in [5, 5.41) is 10.2. The minimum absolute atomic E-state index is 0.265. The van der Waals surface area contributed by atoms with Crippen molar-refractivity contribution >= 4 is 11.7 Å². The van der Waals surface area contributed by atoms with Crippen LogP contribution in [-0.2, 0) is 13.5 Å². The molecular weight excluding hydrogens is 224 g/mol. The molecule has 1 amide bonds. The van der Waals surface area contributed by atoms with Crippen molar-refractivity contribution in [2.75, 3.05) is 12.3 Å². The highest BCUT2D eigenvalue weighted by atomic mass is 16.5. The average Bonchev–Trinajstić information content (AvgIpc) is 2.91. The Morgan fingerprint density at radius 3 is 3.06 bits per heavy atom. The van der Waals surface area contributed by atoms with Crippen molar-refractivity contribution in [2.45, 2.75) is 6.42 Å². The first-order valence-electron chi connectivity index (χ1n) is 4.99. The van der Waals surface area contributed by atoms with Crippen LogP contribution < -0.4 is 11.1 Å². The molecule has 0 aromatic carbocycles. The summed E-state index contributed by atoms with van der Waals surface area (Å²) in [7, 11) is 1.67. The van der Waals surface area contributed by atoms with E-state index < -0.39 is 0 Å². The molecule has 0 radical (unpaired) electrons. The van der Waals surface area contributed by atoms with Gasteiger partial charge in [-0.2, -0.15) is 10.1 Å². The molecule has 90 valence electrons. The molecule has 0 aliphatic heterocycles. The smallest absolute Gasteiger partial charge is 0.256 e. The lowest BCUT2D eigenvalue weighted by molar-refractivity contribution is 0.0954. The van der Waals surface area contributed by atoms with Crippen LogP contribution in [0.25, 0.3) is 0 Å². The average molecular weight is 236 g/mol. The lowest BCUT2D eigenvalue weighted by Gasteiger charge is -2.02. The third-order valence-corrected chi connectivity index (χ3v) is 2.27. The van der Waals surface area contributed by atoms with Crippen molar-refractivity contribution in [3.8, 4) is 0 Å². The third kappa shape index (κ3) is 2.41. The van der Waals surface area contributed by atoms with Crippen molar-refractivity contribution in [1.82, 2.24) is 25.2 Å². The van der Waals surface area contributed by atoms with Gasteiger partial charge in [0, 0.05) is 20.0 Å². The van der Waals surface area contributed by atoms with E-state index >= 15 is 0 Å². The van der Waals surface area contributed by atoms with Crippen LogP contribution in [0.3, 0.4) is 0 Å². The van der Waals surface area contributed by atoms with Gasteiger partial charge in [0.05, 0.1) is 6.20 Å². The van der Waals surface area contributed by atoms with E-state index in [4.69, 9.17) is 5.73 Å². The van der Waals surface area contributed by atoms with E-state index in [-0.39, 0.29) is 5.91 Å². The number of aryl methyl sites for hydroxylation is 1. The van der Waals surface area contributed by atoms with Crippen LogP contribution in [-0.4, -0.2) is 32.4 Å². The monoisotopic (exact) mass is 236 g/mol. The van der Waals surface area contributed by atoms with Gasteiger partial charge in [-0.3, -0.25) is 9.48 Å². The maximum atomic E-state index is 11.7. The fraction of sp³-hybridized carbons (Fsp3) is 0.333. The zero-order chi connectivity index (χ0) is 12.3. The molecule has 8 nitrogen and oxygen atoms in total. The first kappa shape index (κ1) is 11.1. The zero-order valence-electron chi connectivity index (χ0n) is 9.25. The topological polar surface area (TPSA) is 112 Å². The number of rotatable bonds is 4.